The molecular weight excluding hydrogens is 168 g/mol. The van der Waals surface area contributed by atoms with Crippen molar-refractivity contribution >= 4 is 6.09 Å². The Labute approximate surface area is 78.1 Å². The average molecular weight is 182 g/mol. The average Bonchev–Trinajstić information content (AvgIpc) is 2.44. The minimum atomic E-state index is -0.270. The number of unbranched alkanes of at least 4 members (excludes halogenated alkanes) is 1. The minimum absolute atomic E-state index is 0.214. The molecule has 1 aliphatic heterocycles. The number of carbonyl (C=O) groups excluding carboxylic acids is 1. The topological polar surface area (TPSA) is 53.3 Å². The molecule has 1 rings (SSSR count). The molecule has 1 atom stereocenters. The van der Waals surface area contributed by atoms with E-state index in [0.29, 0.717) is 13.0 Å². The maximum absolute atomic E-state index is 11.2. The second-order valence-electron chi connectivity index (χ2n) is 3.17. The van der Waals surface area contributed by atoms with Crippen molar-refractivity contribution < 1.29 is 9.53 Å². The van der Waals surface area contributed by atoms with Crippen LogP contribution < -0.4 is 0 Å². The van der Waals surface area contributed by atoms with Gasteiger partial charge in [0.1, 0.15) is 6.10 Å². The van der Waals surface area contributed by atoms with Crippen molar-refractivity contribution in [3.8, 4) is 6.07 Å². The summed E-state index contributed by atoms with van der Waals surface area (Å²) in [6, 6.07) is 2.00. The molecule has 4 nitrogen and oxygen atoms in total. The van der Waals surface area contributed by atoms with E-state index in [1.807, 2.05) is 6.07 Å². The summed E-state index contributed by atoms with van der Waals surface area (Å²) >= 11 is 0. The van der Waals surface area contributed by atoms with E-state index in [2.05, 4.69) is 6.92 Å². The first-order valence-electron chi connectivity index (χ1n) is 4.60. The van der Waals surface area contributed by atoms with Gasteiger partial charge in [0.05, 0.1) is 19.0 Å². The molecule has 1 heterocycles. The molecule has 0 aliphatic carbocycles. The third kappa shape index (κ3) is 2.62. The molecule has 4 heteroatoms. The number of cyclic esters (lactones) is 1. The van der Waals surface area contributed by atoms with Crippen LogP contribution in [0, 0.1) is 11.3 Å². The first-order valence-corrected chi connectivity index (χ1v) is 4.60. The lowest BCUT2D eigenvalue weighted by molar-refractivity contribution is 0.134. The quantitative estimate of drug-likeness (QED) is 0.662. The van der Waals surface area contributed by atoms with Gasteiger partial charge in [0.15, 0.2) is 0 Å². The lowest BCUT2D eigenvalue weighted by Gasteiger charge is -2.10. The third-order valence-corrected chi connectivity index (χ3v) is 2.05. The van der Waals surface area contributed by atoms with Gasteiger partial charge in [-0.15, -0.1) is 0 Å². The zero-order valence-corrected chi connectivity index (χ0v) is 7.82. The molecule has 1 fully saturated rings. The number of ether oxygens (including phenoxy) is 1. The molecule has 72 valence electrons. The lowest BCUT2D eigenvalue weighted by atomic mass is 10.2. The summed E-state index contributed by atoms with van der Waals surface area (Å²) in [7, 11) is 0. The summed E-state index contributed by atoms with van der Waals surface area (Å²) in [6.07, 6.45) is 1.87. The Hall–Kier alpha value is -1.24. The molecule has 1 aliphatic rings. The fraction of sp³-hybridized carbons (Fsp3) is 0.778. The Morgan fingerprint density at radius 1 is 1.77 bits per heavy atom. The van der Waals surface area contributed by atoms with Crippen molar-refractivity contribution in [2.24, 2.45) is 0 Å². The van der Waals surface area contributed by atoms with E-state index in [-0.39, 0.29) is 12.2 Å². The van der Waals surface area contributed by atoms with Crippen LogP contribution in [0.3, 0.4) is 0 Å². The largest absolute Gasteiger partial charge is 0.443 e. The second kappa shape index (κ2) is 4.70. The predicted molar refractivity (Wildman–Crippen MR) is 47.0 cm³/mol. The normalized spacial score (nSPS) is 21.4. The van der Waals surface area contributed by atoms with Crippen LogP contribution in [-0.4, -0.2) is 30.2 Å². The summed E-state index contributed by atoms with van der Waals surface area (Å²) in [5, 5.41) is 8.42. The van der Waals surface area contributed by atoms with Crippen LogP contribution in [0.15, 0.2) is 0 Å². The van der Waals surface area contributed by atoms with Crippen LogP contribution in [0.2, 0.25) is 0 Å². The first-order chi connectivity index (χ1) is 6.27. The number of hydrogen-bond donors (Lipinski definition) is 0. The Kier molecular flexibility index (Phi) is 3.56. The molecule has 0 N–H and O–H groups in total. The van der Waals surface area contributed by atoms with Crippen LogP contribution in [0.5, 0.6) is 0 Å². The zero-order valence-electron chi connectivity index (χ0n) is 7.82. The van der Waals surface area contributed by atoms with Gasteiger partial charge in [0.25, 0.3) is 0 Å². The smallest absolute Gasteiger partial charge is 0.410 e. The van der Waals surface area contributed by atoms with E-state index in [1.54, 1.807) is 4.90 Å². The number of nitrogens with zero attached hydrogens (tertiary/aromatic N) is 2. The number of hydrogen-bond acceptors (Lipinski definition) is 3. The van der Waals surface area contributed by atoms with Gasteiger partial charge in [-0.05, 0) is 6.42 Å². The van der Waals surface area contributed by atoms with Gasteiger partial charge in [0, 0.05) is 6.54 Å². The van der Waals surface area contributed by atoms with E-state index < -0.39 is 0 Å². The summed E-state index contributed by atoms with van der Waals surface area (Å²) < 4.78 is 4.98. The summed E-state index contributed by atoms with van der Waals surface area (Å²) in [5.74, 6) is 0. The van der Waals surface area contributed by atoms with Crippen LogP contribution in [0.25, 0.3) is 0 Å². The predicted octanol–water partition coefficient (Wildman–Crippen LogP) is 1.52. The van der Waals surface area contributed by atoms with Crippen molar-refractivity contribution in [3.63, 3.8) is 0 Å². The maximum Gasteiger partial charge on any atom is 0.410 e. The summed E-state index contributed by atoms with van der Waals surface area (Å²) in [6.45, 7) is 3.40. The fourth-order valence-electron chi connectivity index (χ4n) is 1.31. The van der Waals surface area contributed by atoms with Crippen molar-refractivity contribution in [1.29, 1.82) is 5.26 Å². The third-order valence-electron chi connectivity index (χ3n) is 2.05. The Bertz CT molecular complexity index is 222. The number of rotatable bonds is 4. The Morgan fingerprint density at radius 2 is 2.54 bits per heavy atom. The SMILES string of the molecule is CCCCN1CC(CC#N)OC1=O. The van der Waals surface area contributed by atoms with E-state index in [4.69, 9.17) is 10.00 Å². The molecule has 1 amide bonds. The molecule has 0 radical (unpaired) electrons. The van der Waals surface area contributed by atoms with Gasteiger partial charge in [-0.25, -0.2) is 4.79 Å². The van der Waals surface area contributed by atoms with Crippen LogP contribution in [-0.2, 0) is 4.74 Å². The van der Waals surface area contributed by atoms with E-state index >= 15 is 0 Å². The highest BCUT2D eigenvalue weighted by Gasteiger charge is 2.30. The van der Waals surface area contributed by atoms with Gasteiger partial charge >= 0.3 is 6.09 Å². The molecule has 1 saturated heterocycles. The summed E-state index contributed by atoms with van der Waals surface area (Å²) in [4.78, 5) is 12.8. The Morgan fingerprint density at radius 3 is 3.15 bits per heavy atom. The van der Waals surface area contributed by atoms with Crippen molar-refractivity contribution in [1.82, 2.24) is 4.90 Å². The number of amides is 1. The summed E-state index contributed by atoms with van der Waals surface area (Å²) in [5.41, 5.74) is 0. The molecule has 0 spiro atoms. The molecular formula is C9H14N2O2. The standard InChI is InChI=1S/C9H14N2O2/c1-2-3-6-11-7-8(4-5-10)13-9(11)12/h8H,2-4,6-7H2,1H3. The molecule has 13 heavy (non-hydrogen) atoms. The van der Waals surface area contributed by atoms with E-state index in [0.717, 1.165) is 19.4 Å². The van der Waals surface area contributed by atoms with Gasteiger partial charge in [-0.2, -0.15) is 5.26 Å². The maximum atomic E-state index is 11.2. The van der Waals surface area contributed by atoms with Gasteiger partial charge in [-0.1, -0.05) is 13.3 Å². The van der Waals surface area contributed by atoms with Crippen LogP contribution in [0.4, 0.5) is 4.79 Å². The van der Waals surface area contributed by atoms with Gasteiger partial charge < -0.3 is 9.64 Å². The van der Waals surface area contributed by atoms with Crippen LogP contribution >= 0.6 is 0 Å². The molecule has 0 aromatic rings. The first kappa shape index (κ1) is 9.85. The molecule has 0 bridgehead atoms. The number of carbonyl (C=O) groups is 1. The molecule has 0 saturated carbocycles. The molecule has 1 unspecified atom stereocenters. The monoisotopic (exact) mass is 182 g/mol. The highest BCUT2D eigenvalue weighted by atomic mass is 16.6. The molecule has 0 aromatic heterocycles. The van der Waals surface area contributed by atoms with Gasteiger partial charge in [0.2, 0.25) is 0 Å². The second-order valence-corrected chi connectivity index (χ2v) is 3.17. The van der Waals surface area contributed by atoms with E-state index in [1.165, 1.54) is 0 Å². The fourth-order valence-corrected chi connectivity index (χ4v) is 1.31. The van der Waals surface area contributed by atoms with Gasteiger partial charge in [-0.3, -0.25) is 0 Å². The lowest BCUT2D eigenvalue weighted by Crippen LogP contribution is -2.26. The van der Waals surface area contributed by atoms with E-state index in [9.17, 15) is 4.79 Å². The van der Waals surface area contributed by atoms with Crippen molar-refractivity contribution in [3.05, 3.63) is 0 Å². The zero-order chi connectivity index (χ0) is 9.68. The van der Waals surface area contributed by atoms with Crippen molar-refractivity contribution in [2.45, 2.75) is 32.3 Å². The minimum Gasteiger partial charge on any atom is -0.443 e. The van der Waals surface area contributed by atoms with Crippen molar-refractivity contribution in [2.75, 3.05) is 13.1 Å². The van der Waals surface area contributed by atoms with Crippen LogP contribution in [0.1, 0.15) is 26.2 Å². The number of nitriles is 1. The highest BCUT2D eigenvalue weighted by molar-refractivity contribution is 5.69. The highest BCUT2D eigenvalue weighted by Crippen LogP contribution is 2.13. The Balaban J connectivity index is 2.34. The molecule has 0 aromatic carbocycles.